The molecule has 0 saturated carbocycles. The van der Waals surface area contributed by atoms with Gasteiger partial charge in [0.2, 0.25) is 0 Å². The van der Waals surface area contributed by atoms with E-state index in [2.05, 4.69) is 51.2 Å². The Bertz CT molecular complexity index is 174. The van der Waals surface area contributed by atoms with E-state index in [-0.39, 0.29) is 0 Å². The zero-order valence-corrected chi connectivity index (χ0v) is 13.4. The summed E-state index contributed by atoms with van der Waals surface area (Å²) in [6.45, 7) is 11.4. The highest BCUT2D eigenvalue weighted by Crippen LogP contribution is 2.11. The zero-order chi connectivity index (χ0) is 13.3. The summed E-state index contributed by atoms with van der Waals surface area (Å²) in [5.41, 5.74) is 0. The van der Waals surface area contributed by atoms with E-state index in [9.17, 15) is 0 Å². The molecule has 1 N–H and O–H groups in total. The number of nitrogens with zero attached hydrogens (tertiary/aromatic N) is 1. The van der Waals surface area contributed by atoms with Crippen molar-refractivity contribution >= 4 is 11.8 Å². The second-order valence-electron chi connectivity index (χ2n) is 5.41. The van der Waals surface area contributed by atoms with Gasteiger partial charge in [-0.2, -0.15) is 11.8 Å². The first kappa shape index (κ1) is 17.3. The van der Waals surface area contributed by atoms with Gasteiger partial charge in [0, 0.05) is 18.6 Å². The Labute approximate surface area is 113 Å². The summed E-state index contributed by atoms with van der Waals surface area (Å²) in [5.74, 6) is 2.01. The molecule has 0 aromatic heterocycles. The quantitative estimate of drug-likeness (QED) is 0.650. The van der Waals surface area contributed by atoms with Gasteiger partial charge >= 0.3 is 0 Å². The van der Waals surface area contributed by atoms with Gasteiger partial charge in [0.05, 0.1) is 0 Å². The van der Waals surface area contributed by atoms with Crippen LogP contribution in [-0.4, -0.2) is 49.1 Å². The van der Waals surface area contributed by atoms with E-state index in [0.29, 0.717) is 12.1 Å². The van der Waals surface area contributed by atoms with Gasteiger partial charge < -0.3 is 5.32 Å². The van der Waals surface area contributed by atoms with Gasteiger partial charge in [-0.3, -0.25) is 4.90 Å². The van der Waals surface area contributed by atoms with Crippen molar-refractivity contribution in [3.05, 3.63) is 0 Å². The van der Waals surface area contributed by atoms with Gasteiger partial charge in [-0.15, -0.1) is 0 Å². The molecule has 2 nitrogen and oxygen atoms in total. The first-order valence-electron chi connectivity index (χ1n) is 6.94. The topological polar surface area (TPSA) is 15.3 Å². The van der Waals surface area contributed by atoms with E-state index in [1.165, 1.54) is 18.6 Å². The van der Waals surface area contributed by atoms with Crippen LogP contribution in [-0.2, 0) is 0 Å². The van der Waals surface area contributed by atoms with E-state index in [4.69, 9.17) is 0 Å². The van der Waals surface area contributed by atoms with Crippen LogP contribution in [0.3, 0.4) is 0 Å². The lowest BCUT2D eigenvalue weighted by molar-refractivity contribution is 0.171. The highest BCUT2D eigenvalue weighted by Gasteiger charge is 2.17. The molecule has 0 radical (unpaired) electrons. The molecule has 0 saturated heterocycles. The summed E-state index contributed by atoms with van der Waals surface area (Å²) in [6, 6.07) is 1.36. The average Bonchev–Trinajstić information content (AvgIpc) is 2.30. The van der Waals surface area contributed by atoms with Crippen molar-refractivity contribution < 1.29 is 0 Å². The van der Waals surface area contributed by atoms with Crippen molar-refractivity contribution in [3.8, 4) is 0 Å². The zero-order valence-electron chi connectivity index (χ0n) is 12.6. The van der Waals surface area contributed by atoms with Crippen molar-refractivity contribution in [1.82, 2.24) is 10.2 Å². The molecule has 17 heavy (non-hydrogen) atoms. The second kappa shape index (κ2) is 10.2. The largest absolute Gasteiger partial charge is 0.315 e. The third-order valence-electron chi connectivity index (χ3n) is 3.41. The van der Waals surface area contributed by atoms with Crippen molar-refractivity contribution in [1.29, 1.82) is 0 Å². The fraction of sp³-hybridized carbons (Fsp3) is 1.00. The Kier molecular flexibility index (Phi) is 10.4. The van der Waals surface area contributed by atoms with Crippen LogP contribution in [0, 0.1) is 5.92 Å². The fourth-order valence-electron chi connectivity index (χ4n) is 1.97. The van der Waals surface area contributed by atoms with Crippen molar-refractivity contribution in [2.24, 2.45) is 5.92 Å². The van der Waals surface area contributed by atoms with Crippen molar-refractivity contribution in [2.75, 3.05) is 32.1 Å². The van der Waals surface area contributed by atoms with E-state index in [1.54, 1.807) is 0 Å². The predicted molar refractivity (Wildman–Crippen MR) is 82.0 cm³/mol. The Morgan fingerprint density at radius 3 is 2.29 bits per heavy atom. The lowest BCUT2D eigenvalue weighted by Gasteiger charge is -2.33. The molecule has 0 bridgehead atoms. The van der Waals surface area contributed by atoms with Crippen molar-refractivity contribution in [2.45, 2.75) is 52.6 Å². The van der Waals surface area contributed by atoms with Gasteiger partial charge in [-0.05, 0) is 51.3 Å². The molecule has 0 spiro atoms. The van der Waals surface area contributed by atoms with Crippen LogP contribution < -0.4 is 5.32 Å². The molecule has 104 valence electrons. The molecule has 0 aromatic rings. The number of thioether (sulfide) groups is 1. The van der Waals surface area contributed by atoms with E-state index in [0.717, 1.165) is 19.0 Å². The third kappa shape index (κ3) is 8.06. The van der Waals surface area contributed by atoms with E-state index >= 15 is 0 Å². The van der Waals surface area contributed by atoms with Crippen molar-refractivity contribution in [3.63, 3.8) is 0 Å². The molecule has 2 atom stereocenters. The first-order chi connectivity index (χ1) is 8.02. The molecule has 0 aliphatic carbocycles. The molecule has 0 aliphatic heterocycles. The van der Waals surface area contributed by atoms with Gasteiger partial charge in [-0.25, -0.2) is 0 Å². The van der Waals surface area contributed by atoms with Gasteiger partial charge in [-0.1, -0.05) is 20.8 Å². The highest BCUT2D eigenvalue weighted by atomic mass is 32.2. The summed E-state index contributed by atoms with van der Waals surface area (Å²) in [6.07, 6.45) is 4.71. The molecule has 0 fully saturated rings. The third-order valence-corrected chi connectivity index (χ3v) is 4.06. The second-order valence-corrected chi connectivity index (χ2v) is 6.40. The Morgan fingerprint density at radius 2 is 1.82 bits per heavy atom. The summed E-state index contributed by atoms with van der Waals surface area (Å²) in [7, 11) is 2.27. The molecule has 3 heteroatoms. The number of nitrogens with one attached hydrogen (secondary N) is 1. The smallest absolute Gasteiger partial charge is 0.0217 e. The SMILES string of the molecule is CCC(CNCC(C)C)N(C)C(C)CCSC. The number of hydrogen-bond donors (Lipinski definition) is 1. The maximum atomic E-state index is 3.58. The predicted octanol–water partition coefficient (Wildman–Crippen LogP) is 3.08. The number of hydrogen-bond acceptors (Lipinski definition) is 3. The summed E-state index contributed by atoms with van der Waals surface area (Å²) >= 11 is 1.95. The van der Waals surface area contributed by atoms with Crippen LogP contribution >= 0.6 is 11.8 Å². The van der Waals surface area contributed by atoms with Gasteiger partial charge in [0.15, 0.2) is 0 Å². The summed E-state index contributed by atoms with van der Waals surface area (Å²) < 4.78 is 0. The van der Waals surface area contributed by atoms with E-state index in [1.807, 2.05) is 11.8 Å². The summed E-state index contributed by atoms with van der Waals surface area (Å²) in [5, 5.41) is 3.58. The Hall–Kier alpha value is 0.270. The van der Waals surface area contributed by atoms with Crippen LogP contribution in [0.5, 0.6) is 0 Å². The first-order valence-corrected chi connectivity index (χ1v) is 8.33. The van der Waals surface area contributed by atoms with Crippen LogP contribution in [0.2, 0.25) is 0 Å². The van der Waals surface area contributed by atoms with Crippen LogP contribution in [0.15, 0.2) is 0 Å². The summed E-state index contributed by atoms with van der Waals surface area (Å²) in [4.78, 5) is 2.55. The van der Waals surface area contributed by atoms with Gasteiger partial charge in [0.25, 0.3) is 0 Å². The monoisotopic (exact) mass is 260 g/mol. The number of likely N-dealkylation sites (N-methyl/N-ethyl adjacent to an activating group) is 1. The van der Waals surface area contributed by atoms with Crippen LogP contribution in [0.25, 0.3) is 0 Å². The molecule has 0 heterocycles. The average molecular weight is 260 g/mol. The lowest BCUT2D eigenvalue weighted by atomic mass is 10.1. The molecule has 0 aliphatic rings. The molecule has 0 amide bonds. The fourth-order valence-corrected chi connectivity index (χ4v) is 2.54. The highest BCUT2D eigenvalue weighted by molar-refractivity contribution is 7.98. The Balaban J connectivity index is 3.96. The lowest BCUT2D eigenvalue weighted by Crippen LogP contribution is -2.45. The minimum Gasteiger partial charge on any atom is -0.315 e. The minimum atomic E-state index is 0.672. The maximum absolute atomic E-state index is 3.58. The standard InChI is InChI=1S/C14H32N2S/c1-7-14(11-15-10-12(2)3)16(5)13(4)8-9-17-6/h12-15H,7-11H2,1-6H3. The maximum Gasteiger partial charge on any atom is 0.0217 e. The van der Waals surface area contributed by atoms with E-state index < -0.39 is 0 Å². The number of rotatable bonds is 10. The van der Waals surface area contributed by atoms with Crippen LogP contribution in [0.1, 0.15) is 40.5 Å². The Morgan fingerprint density at radius 1 is 1.18 bits per heavy atom. The minimum absolute atomic E-state index is 0.672. The molecule has 2 unspecified atom stereocenters. The van der Waals surface area contributed by atoms with Crippen LogP contribution in [0.4, 0.5) is 0 Å². The van der Waals surface area contributed by atoms with Gasteiger partial charge in [0.1, 0.15) is 0 Å². The molecular formula is C14H32N2S. The normalized spacial score (nSPS) is 15.5. The molecule has 0 aromatic carbocycles. The molecular weight excluding hydrogens is 228 g/mol. The molecule has 0 rings (SSSR count).